The molecule has 4 rings (SSSR count). The minimum Gasteiger partial charge on any atom is -0.463 e. The second kappa shape index (κ2) is 18.2. The molecule has 3 aromatic carbocycles. The Hall–Kier alpha value is -4.59. The van der Waals surface area contributed by atoms with Crippen LogP contribution < -0.4 is 5.32 Å². The number of amides is 1. The number of carbonyl (C=O) groups is 4. The molecule has 1 N–H and O–H groups in total. The van der Waals surface area contributed by atoms with Gasteiger partial charge in [0.2, 0.25) is 0 Å². The maximum atomic E-state index is 14.4. The Balaban J connectivity index is 1.69. The van der Waals surface area contributed by atoms with Crippen LogP contribution in [0.2, 0.25) is 0 Å². The molecule has 0 spiro atoms. The minimum absolute atomic E-state index is 0.134. The molecule has 0 saturated carbocycles. The van der Waals surface area contributed by atoms with Gasteiger partial charge in [0.05, 0.1) is 13.2 Å². The van der Waals surface area contributed by atoms with Crippen LogP contribution >= 0.6 is 7.82 Å². The molecule has 1 aliphatic heterocycles. The van der Waals surface area contributed by atoms with E-state index in [9.17, 15) is 23.7 Å². The SMILES string of the molecule is CC(=O)OC[C@H]1O[C@@H](OP(=O)(OCc2ccccc2)OCc2ccccc2)[C@H](NC(=O)OCc2ccccc2)[C@@H](OC(C)=O)[C@@H]1OC(C)=O. The van der Waals surface area contributed by atoms with E-state index in [2.05, 4.69) is 5.32 Å². The Morgan fingerprint density at radius 1 is 0.653 bits per heavy atom. The molecule has 0 aliphatic carbocycles. The number of hydrogen-bond donors (Lipinski definition) is 1. The van der Waals surface area contributed by atoms with Crippen molar-refractivity contribution in [1.82, 2.24) is 5.32 Å². The summed E-state index contributed by atoms with van der Waals surface area (Å²) < 4.78 is 59.4. The van der Waals surface area contributed by atoms with E-state index >= 15 is 0 Å². The van der Waals surface area contributed by atoms with E-state index < -0.39 is 69.1 Å². The molecule has 0 radical (unpaired) electrons. The maximum absolute atomic E-state index is 14.4. The summed E-state index contributed by atoms with van der Waals surface area (Å²) in [7, 11) is -4.61. The molecule has 1 aliphatic rings. The van der Waals surface area contributed by atoms with Crippen molar-refractivity contribution in [2.75, 3.05) is 6.61 Å². The smallest absolute Gasteiger partial charge is 0.463 e. The molecule has 0 aromatic heterocycles. The van der Waals surface area contributed by atoms with Gasteiger partial charge in [-0.05, 0) is 16.7 Å². The summed E-state index contributed by atoms with van der Waals surface area (Å²) >= 11 is 0. The number of rotatable bonds is 15. The summed E-state index contributed by atoms with van der Waals surface area (Å²) in [5.41, 5.74) is 1.95. The van der Waals surface area contributed by atoms with Gasteiger partial charge in [-0.3, -0.25) is 28.0 Å². The van der Waals surface area contributed by atoms with Crippen LogP contribution in [0.25, 0.3) is 0 Å². The summed E-state index contributed by atoms with van der Waals surface area (Å²) in [6.07, 6.45) is -7.07. The molecular weight excluding hydrogens is 661 g/mol. The van der Waals surface area contributed by atoms with Crippen LogP contribution in [0.1, 0.15) is 37.5 Å². The second-order valence-corrected chi connectivity index (χ2v) is 12.4. The molecular formula is C34H38NO13P. The van der Waals surface area contributed by atoms with Crippen molar-refractivity contribution in [3.8, 4) is 0 Å². The van der Waals surface area contributed by atoms with Crippen molar-refractivity contribution in [3.63, 3.8) is 0 Å². The van der Waals surface area contributed by atoms with Crippen LogP contribution in [-0.4, -0.2) is 61.3 Å². The van der Waals surface area contributed by atoms with Gasteiger partial charge in [-0.1, -0.05) is 91.0 Å². The predicted octanol–water partition coefficient (Wildman–Crippen LogP) is 4.99. The second-order valence-electron chi connectivity index (χ2n) is 10.8. The van der Waals surface area contributed by atoms with Crippen molar-refractivity contribution in [2.45, 2.75) is 71.2 Å². The molecule has 5 atom stereocenters. The van der Waals surface area contributed by atoms with E-state index in [1.165, 1.54) is 0 Å². The van der Waals surface area contributed by atoms with Crippen molar-refractivity contribution in [1.29, 1.82) is 0 Å². The van der Waals surface area contributed by atoms with Gasteiger partial charge in [0.15, 0.2) is 18.5 Å². The molecule has 1 heterocycles. The van der Waals surface area contributed by atoms with Crippen LogP contribution in [0.15, 0.2) is 91.0 Å². The lowest BCUT2D eigenvalue weighted by molar-refractivity contribution is -0.260. The minimum atomic E-state index is -4.61. The van der Waals surface area contributed by atoms with Gasteiger partial charge in [-0.2, -0.15) is 0 Å². The largest absolute Gasteiger partial charge is 0.477 e. The van der Waals surface area contributed by atoms with Crippen LogP contribution in [0.4, 0.5) is 4.79 Å². The summed E-state index contributed by atoms with van der Waals surface area (Å²) in [6.45, 7) is 2.29. The third kappa shape index (κ3) is 12.1. The average Bonchev–Trinajstić information content (AvgIpc) is 3.08. The van der Waals surface area contributed by atoms with E-state index in [-0.39, 0.29) is 19.8 Å². The molecule has 0 bridgehead atoms. The van der Waals surface area contributed by atoms with E-state index in [0.717, 1.165) is 20.8 Å². The highest BCUT2D eigenvalue weighted by molar-refractivity contribution is 7.48. The van der Waals surface area contributed by atoms with Crippen LogP contribution in [0.5, 0.6) is 0 Å². The maximum Gasteiger partial charge on any atom is 0.477 e. The predicted molar refractivity (Wildman–Crippen MR) is 171 cm³/mol. The van der Waals surface area contributed by atoms with E-state index in [1.807, 2.05) is 0 Å². The van der Waals surface area contributed by atoms with E-state index in [4.69, 9.17) is 37.3 Å². The number of esters is 3. The van der Waals surface area contributed by atoms with Gasteiger partial charge < -0.3 is 29.0 Å². The standard InChI is InChI=1S/C34H38NO13P/c1-23(36)41-22-29-31(45-24(2)37)32(46-25(3)38)30(35-34(39)42-19-26-13-7-4-8-14-26)33(47-29)48-49(40,43-20-27-15-9-5-10-16-27)44-21-28-17-11-6-12-18-28/h4-18,29-33H,19-22H2,1-3H3,(H,35,39)/t29-,30-,31-,32-,33+/m1/s1. The van der Waals surface area contributed by atoms with Gasteiger partial charge in [0.1, 0.15) is 25.4 Å². The molecule has 0 unspecified atom stereocenters. The molecule has 262 valence electrons. The Bertz CT molecular complexity index is 1530. The van der Waals surface area contributed by atoms with Gasteiger partial charge in [-0.25, -0.2) is 9.36 Å². The zero-order chi connectivity index (χ0) is 35.2. The first-order valence-corrected chi connectivity index (χ1v) is 16.7. The molecule has 49 heavy (non-hydrogen) atoms. The molecule has 1 fully saturated rings. The van der Waals surface area contributed by atoms with Crippen molar-refractivity contribution in [2.24, 2.45) is 0 Å². The number of carbonyl (C=O) groups excluding carboxylic acids is 4. The highest BCUT2D eigenvalue weighted by Gasteiger charge is 2.54. The Labute approximate surface area is 283 Å². The van der Waals surface area contributed by atoms with Crippen molar-refractivity contribution in [3.05, 3.63) is 108 Å². The van der Waals surface area contributed by atoms with E-state index in [1.54, 1.807) is 91.0 Å². The fourth-order valence-electron chi connectivity index (χ4n) is 4.73. The fourth-order valence-corrected chi connectivity index (χ4v) is 5.97. The highest BCUT2D eigenvalue weighted by Crippen LogP contribution is 2.53. The Morgan fingerprint density at radius 2 is 1.12 bits per heavy atom. The van der Waals surface area contributed by atoms with Gasteiger partial charge in [0, 0.05) is 20.8 Å². The third-order valence-electron chi connectivity index (χ3n) is 6.90. The monoisotopic (exact) mass is 699 g/mol. The average molecular weight is 700 g/mol. The fraction of sp³-hybridized carbons (Fsp3) is 0.353. The number of ether oxygens (including phenoxy) is 5. The highest BCUT2D eigenvalue weighted by atomic mass is 31.2. The summed E-state index contributed by atoms with van der Waals surface area (Å²) in [4.78, 5) is 49.5. The van der Waals surface area contributed by atoms with Crippen molar-refractivity contribution < 1.29 is 61.0 Å². The lowest BCUT2D eigenvalue weighted by Crippen LogP contribution is -2.66. The first-order valence-electron chi connectivity index (χ1n) is 15.3. The molecule has 14 nitrogen and oxygen atoms in total. The molecule has 15 heteroatoms. The first kappa shape index (κ1) is 37.2. The van der Waals surface area contributed by atoms with Crippen LogP contribution in [0, 0.1) is 0 Å². The topological polar surface area (TPSA) is 171 Å². The normalized spacial score (nSPS) is 20.4. The quantitative estimate of drug-likeness (QED) is 0.128. The third-order valence-corrected chi connectivity index (χ3v) is 8.25. The number of hydrogen-bond acceptors (Lipinski definition) is 13. The molecule has 1 amide bonds. The lowest BCUT2D eigenvalue weighted by atomic mass is 9.96. The van der Waals surface area contributed by atoms with Crippen LogP contribution in [-0.2, 0) is 76.0 Å². The first-order chi connectivity index (χ1) is 23.5. The number of phosphoric acid groups is 1. The summed E-state index contributed by atoms with van der Waals surface area (Å²) in [5, 5.41) is 2.53. The summed E-state index contributed by atoms with van der Waals surface area (Å²) in [6, 6.07) is 24.9. The zero-order valence-electron chi connectivity index (χ0n) is 27.1. The van der Waals surface area contributed by atoms with E-state index in [0.29, 0.717) is 16.7 Å². The number of nitrogens with one attached hydrogen (secondary N) is 1. The lowest BCUT2D eigenvalue weighted by Gasteiger charge is -2.45. The number of alkyl carbamates (subject to hydrolysis) is 1. The van der Waals surface area contributed by atoms with Crippen molar-refractivity contribution >= 4 is 31.8 Å². The Morgan fingerprint density at radius 3 is 1.59 bits per heavy atom. The molecule has 1 saturated heterocycles. The molecule has 3 aromatic rings. The zero-order valence-corrected chi connectivity index (χ0v) is 28.0. The summed E-state index contributed by atoms with van der Waals surface area (Å²) in [5.74, 6) is -2.33. The van der Waals surface area contributed by atoms with Crippen LogP contribution in [0.3, 0.4) is 0 Å². The van der Waals surface area contributed by atoms with Gasteiger partial charge in [0.25, 0.3) is 0 Å². The number of phosphoric ester groups is 1. The van der Waals surface area contributed by atoms with Gasteiger partial charge in [-0.15, -0.1) is 0 Å². The Kier molecular flexibility index (Phi) is 13.9. The number of benzene rings is 3. The van der Waals surface area contributed by atoms with Gasteiger partial charge >= 0.3 is 31.8 Å².